The number of fused-ring (bicyclic) bond motifs is 1. The van der Waals surface area contributed by atoms with E-state index in [1.807, 2.05) is 0 Å². The van der Waals surface area contributed by atoms with Crippen molar-refractivity contribution in [2.24, 2.45) is 11.8 Å². The zero-order valence-corrected chi connectivity index (χ0v) is 14.7. The van der Waals surface area contributed by atoms with Gasteiger partial charge in [-0.25, -0.2) is 0 Å². The Kier molecular flexibility index (Phi) is 5.48. The van der Waals surface area contributed by atoms with Crippen LogP contribution in [-0.2, 0) is 11.3 Å². The molecule has 1 aromatic rings. The summed E-state index contributed by atoms with van der Waals surface area (Å²) in [5.74, 6) is 1.77. The second-order valence-electron chi connectivity index (χ2n) is 7.70. The van der Waals surface area contributed by atoms with Crippen molar-refractivity contribution in [3.8, 4) is 0 Å². The lowest BCUT2D eigenvalue weighted by Crippen LogP contribution is -2.43. The fraction of sp³-hybridized carbons (Fsp3) is 0.700. The molecular weight excluding hydrogens is 298 g/mol. The molecule has 0 unspecified atom stereocenters. The average Bonchev–Trinajstić information content (AvgIpc) is 3.18. The molecule has 4 nitrogen and oxygen atoms in total. The molecule has 0 bridgehead atoms. The highest BCUT2D eigenvalue weighted by atomic mass is 16.5. The molecule has 0 aromatic heterocycles. The Morgan fingerprint density at radius 2 is 1.83 bits per heavy atom. The number of hydrogen-bond acceptors (Lipinski definition) is 4. The Hall–Kier alpha value is -0.940. The van der Waals surface area contributed by atoms with E-state index in [1.165, 1.54) is 38.0 Å². The Labute approximate surface area is 146 Å². The van der Waals surface area contributed by atoms with E-state index in [0.29, 0.717) is 0 Å². The highest BCUT2D eigenvalue weighted by molar-refractivity contribution is 5.15. The number of likely N-dealkylation sites (tertiary alicyclic amines) is 1. The Morgan fingerprint density at radius 3 is 2.67 bits per heavy atom. The van der Waals surface area contributed by atoms with Crippen molar-refractivity contribution in [2.75, 3.05) is 52.5 Å². The first-order chi connectivity index (χ1) is 11.9. The number of hydrogen-bond donors (Lipinski definition) is 1. The number of nitrogens with zero attached hydrogens (tertiary/aromatic N) is 2. The topological polar surface area (TPSA) is 27.7 Å². The van der Waals surface area contributed by atoms with Crippen molar-refractivity contribution in [1.29, 1.82) is 0 Å². The monoisotopic (exact) mass is 329 g/mol. The Morgan fingerprint density at radius 1 is 1.00 bits per heavy atom. The minimum absolute atomic E-state index is 0.733. The summed E-state index contributed by atoms with van der Waals surface area (Å²) in [7, 11) is 0. The third-order valence-electron chi connectivity index (χ3n) is 6.12. The van der Waals surface area contributed by atoms with Gasteiger partial charge in [0.1, 0.15) is 0 Å². The molecule has 3 atom stereocenters. The predicted octanol–water partition coefficient (Wildman–Crippen LogP) is 1.82. The van der Waals surface area contributed by atoms with E-state index in [2.05, 4.69) is 45.4 Å². The summed E-state index contributed by atoms with van der Waals surface area (Å²) < 4.78 is 5.43. The minimum atomic E-state index is 0.733. The van der Waals surface area contributed by atoms with Crippen LogP contribution in [0.15, 0.2) is 30.3 Å². The first-order valence-electron chi connectivity index (χ1n) is 9.68. The largest absolute Gasteiger partial charge is 0.379 e. The van der Waals surface area contributed by atoms with Gasteiger partial charge in [-0.05, 0) is 30.2 Å². The second kappa shape index (κ2) is 7.96. The van der Waals surface area contributed by atoms with E-state index in [-0.39, 0.29) is 0 Å². The summed E-state index contributed by atoms with van der Waals surface area (Å²) in [6.45, 7) is 10.00. The predicted molar refractivity (Wildman–Crippen MR) is 97.0 cm³/mol. The van der Waals surface area contributed by atoms with E-state index in [4.69, 9.17) is 4.74 Å². The van der Waals surface area contributed by atoms with E-state index in [9.17, 15) is 0 Å². The lowest BCUT2D eigenvalue weighted by Gasteiger charge is -2.28. The SMILES string of the molecule is c1ccc(CN2C[C@@H]3CC[C@H](NCCN4CCOCC4)[C@H]3C2)cc1. The van der Waals surface area contributed by atoms with Crippen LogP contribution in [0.2, 0.25) is 0 Å². The van der Waals surface area contributed by atoms with Crippen LogP contribution >= 0.6 is 0 Å². The molecule has 0 amide bonds. The number of ether oxygens (including phenoxy) is 1. The standard InChI is InChI=1S/C20H31N3O/c1-2-4-17(5-3-1)14-23-15-18-6-7-20(19(18)16-23)21-8-9-22-10-12-24-13-11-22/h1-5,18-21H,6-16H2/t18-,19-,20-/m0/s1. The molecule has 0 spiro atoms. The molecule has 3 aliphatic rings. The third-order valence-corrected chi connectivity index (χ3v) is 6.12. The molecule has 132 valence electrons. The fourth-order valence-corrected chi connectivity index (χ4v) is 4.81. The normalized spacial score (nSPS) is 31.4. The maximum Gasteiger partial charge on any atom is 0.0594 e. The van der Waals surface area contributed by atoms with Crippen LogP contribution in [0.3, 0.4) is 0 Å². The van der Waals surface area contributed by atoms with Crippen molar-refractivity contribution in [3.63, 3.8) is 0 Å². The highest BCUT2D eigenvalue weighted by Gasteiger charge is 2.42. The van der Waals surface area contributed by atoms with Crippen LogP contribution in [0.1, 0.15) is 18.4 Å². The van der Waals surface area contributed by atoms with E-state index < -0.39 is 0 Å². The molecule has 4 rings (SSSR count). The van der Waals surface area contributed by atoms with Crippen molar-refractivity contribution in [1.82, 2.24) is 15.1 Å². The number of benzene rings is 1. The smallest absolute Gasteiger partial charge is 0.0594 e. The van der Waals surface area contributed by atoms with Crippen LogP contribution in [0.4, 0.5) is 0 Å². The van der Waals surface area contributed by atoms with Crippen LogP contribution in [-0.4, -0.2) is 68.3 Å². The maximum atomic E-state index is 5.43. The van der Waals surface area contributed by atoms with Crippen molar-refractivity contribution >= 4 is 0 Å². The highest BCUT2D eigenvalue weighted by Crippen LogP contribution is 2.38. The van der Waals surface area contributed by atoms with Gasteiger partial charge in [-0.15, -0.1) is 0 Å². The second-order valence-corrected chi connectivity index (χ2v) is 7.70. The number of nitrogens with one attached hydrogen (secondary N) is 1. The van der Waals surface area contributed by atoms with Crippen LogP contribution in [0.25, 0.3) is 0 Å². The zero-order valence-electron chi connectivity index (χ0n) is 14.7. The summed E-state index contributed by atoms with van der Waals surface area (Å²) >= 11 is 0. The Bertz CT molecular complexity index is 503. The van der Waals surface area contributed by atoms with Gasteiger partial charge >= 0.3 is 0 Å². The summed E-state index contributed by atoms with van der Waals surface area (Å²) in [6, 6.07) is 11.7. The van der Waals surface area contributed by atoms with Gasteiger partial charge in [-0.2, -0.15) is 0 Å². The fourth-order valence-electron chi connectivity index (χ4n) is 4.81. The molecular formula is C20H31N3O. The van der Waals surface area contributed by atoms with Gasteiger partial charge in [0.05, 0.1) is 13.2 Å². The lowest BCUT2D eigenvalue weighted by atomic mass is 9.98. The maximum absolute atomic E-state index is 5.43. The van der Waals surface area contributed by atoms with E-state index >= 15 is 0 Å². The van der Waals surface area contributed by atoms with Gasteiger partial charge in [0.2, 0.25) is 0 Å². The summed E-state index contributed by atoms with van der Waals surface area (Å²) in [6.07, 6.45) is 2.78. The van der Waals surface area contributed by atoms with Gasteiger partial charge in [0.15, 0.2) is 0 Å². The summed E-state index contributed by atoms with van der Waals surface area (Å²) in [5, 5.41) is 3.88. The lowest BCUT2D eigenvalue weighted by molar-refractivity contribution is 0.0379. The van der Waals surface area contributed by atoms with Gasteiger partial charge in [-0.1, -0.05) is 30.3 Å². The molecule has 24 heavy (non-hydrogen) atoms. The van der Waals surface area contributed by atoms with E-state index in [1.54, 1.807) is 0 Å². The quantitative estimate of drug-likeness (QED) is 0.862. The van der Waals surface area contributed by atoms with Crippen molar-refractivity contribution in [3.05, 3.63) is 35.9 Å². The molecule has 1 saturated carbocycles. The molecule has 1 aliphatic carbocycles. The van der Waals surface area contributed by atoms with Crippen molar-refractivity contribution in [2.45, 2.75) is 25.4 Å². The van der Waals surface area contributed by atoms with Crippen LogP contribution < -0.4 is 5.32 Å². The van der Waals surface area contributed by atoms with Crippen LogP contribution in [0, 0.1) is 11.8 Å². The first-order valence-corrected chi connectivity index (χ1v) is 9.68. The minimum Gasteiger partial charge on any atom is -0.379 e. The molecule has 2 heterocycles. The van der Waals surface area contributed by atoms with Gasteiger partial charge in [0.25, 0.3) is 0 Å². The molecule has 1 aromatic carbocycles. The number of rotatable bonds is 6. The first kappa shape index (κ1) is 16.5. The Balaban J connectivity index is 1.22. The van der Waals surface area contributed by atoms with E-state index in [0.717, 1.165) is 57.3 Å². The summed E-state index contributed by atoms with van der Waals surface area (Å²) in [4.78, 5) is 5.19. The molecule has 3 fully saturated rings. The zero-order chi connectivity index (χ0) is 16.2. The molecule has 1 N–H and O–H groups in total. The van der Waals surface area contributed by atoms with Gasteiger partial charge in [0, 0.05) is 51.9 Å². The summed E-state index contributed by atoms with van der Waals surface area (Å²) in [5.41, 5.74) is 1.45. The van der Waals surface area contributed by atoms with Crippen LogP contribution in [0.5, 0.6) is 0 Å². The van der Waals surface area contributed by atoms with Gasteiger partial charge < -0.3 is 10.1 Å². The molecule has 0 radical (unpaired) electrons. The molecule has 2 aliphatic heterocycles. The molecule has 4 heteroatoms. The molecule has 2 saturated heterocycles. The number of morpholine rings is 1. The average molecular weight is 329 g/mol. The van der Waals surface area contributed by atoms with Gasteiger partial charge in [-0.3, -0.25) is 9.80 Å². The van der Waals surface area contributed by atoms with Crippen molar-refractivity contribution < 1.29 is 4.74 Å². The third kappa shape index (κ3) is 3.99.